The lowest BCUT2D eigenvalue weighted by molar-refractivity contribution is -0.255. The van der Waals surface area contributed by atoms with E-state index in [1.165, 1.54) is 13.8 Å². The minimum absolute atomic E-state index is 0.548. The average molecular weight is 180 g/mol. The summed E-state index contributed by atoms with van der Waals surface area (Å²) < 4.78 is 41.2. The van der Waals surface area contributed by atoms with Gasteiger partial charge < -0.3 is 4.74 Å². The molecular weight excluding hydrogens is 169 g/mol. The Balaban J connectivity index is 4.61. The standard InChI is InChI=1S/C8H11F3O/c1-5-7(4,8(9,10)11)12-6(2)3/h1,6H,2-4H3. The van der Waals surface area contributed by atoms with Gasteiger partial charge in [-0.05, 0) is 20.8 Å². The van der Waals surface area contributed by atoms with Crippen LogP contribution in [0.4, 0.5) is 13.2 Å². The zero-order valence-corrected chi connectivity index (χ0v) is 7.20. The monoisotopic (exact) mass is 180 g/mol. The van der Waals surface area contributed by atoms with Gasteiger partial charge in [-0.25, -0.2) is 0 Å². The van der Waals surface area contributed by atoms with Gasteiger partial charge in [-0.15, -0.1) is 6.42 Å². The van der Waals surface area contributed by atoms with Gasteiger partial charge in [-0.3, -0.25) is 0 Å². The number of rotatable bonds is 2. The molecule has 1 unspecified atom stereocenters. The van der Waals surface area contributed by atoms with Gasteiger partial charge in [0.2, 0.25) is 5.60 Å². The number of halogens is 3. The zero-order valence-electron chi connectivity index (χ0n) is 7.20. The molecule has 0 bridgehead atoms. The fraction of sp³-hybridized carbons (Fsp3) is 0.750. The van der Waals surface area contributed by atoms with Crippen molar-refractivity contribution in [2.24, 2.45) is 0 Å². The number of hydrogen-bond donors (Lipinski definition) is 0. The van der Waals surface area contributed by atoms with Crippen LogP contribution >= 0.6 is 0 Å². The Hall–Kier alpha value is -0.690. The van der Waals surface area contributed by atoms with Crippen LogP contribution in [-0.4, -0.2) is 17.9 Å². The predicted octanol–water partition coefficient (Wildman–Crippen LogP) is 2.37. The third kappa shape index (κ3) is 2.42. The normalized spacial score (nSPS) is 17.2. The Labute approximate surface area is 69.9 Å². The van der Waals surface area contributed by atoms with Crippen molar-refractivity contribution >= 4 is 0 Å². The molecule has 0 heterocycles. The van der Waals surface area contributed by atoms with Crippen molar-refractivity contribution in [3.8, 4) is 12.3 Å². The molecule has 0 fully saturated rings. The van der Waals surface area contributed by atoms with E-state index in [9.17, 15) is 13.2 Å². The highest BCUT2D eigenvalue weighted by molar-refractivity contribution is 5.10. The van der Waals surface area contributed by atoms with Crippen molar-refractivity contribution < 1.29 is 17.9 Å². The first-order chi connectivity index (χ1) is 5.23. The van der Waals surface area contributed by atoms with E-state index in [-0.39, 0.29) is 0 Å². The van der Waals surface area contributed by atoms with Gasteiger partial charge in [0.25, 0.3) is 0 Å². The largest absolute Gasteiger partial charge is 0.428 e. The summed E-state index contributed by atoms with van der Waals surface area (Å²) in [6.07, 6.45) is -0.324. The number of ether oxygens (including phenoxy) is 1. The highest BCUT2D eigenvalue weighted by Crippen LogP contribution is 2.33. The molecule has 0 aromatic heterocycles. The van der Waals surface area contributed by atoms with E-state index >= 15 is 0 Å². The lowest BCUT2D eigenvalue weighted by atomic mass is 10.1. The first kappa shape index (κ1) is 11.3. The van der Waals surface area contributed by atoms with E-state index in [0.29, 0.717) is 0 Å². The van der Waals surface area contributed by atoms with Crippen LogP contribution in [-0.2, 0) is 4.74 Å². The van der Waals surface area contributed by atoms with Gasteiger partial charge in [0.1, 0.15) is 0 Å². The lowest BCUT2D eigenvalue weighted by Crippen LogP contribution is -2.45. The summed E-state index contributed by atoms with van der Waals surface area (Å²) in [4.78, 5) is 0. The third-order valence-corrected chi connectivity index (χ3v) is 1.29. The Morgan fingerprint density at radius 1 is 1.33 bits per heavy atom. The van der Waals surface area contributed by atoms with Crippen LogP contribution in [0.2, 0.25) is 0 Å². The van der Waals surface area contributed by atoms with Gasteiger partial charge in [-0.2, -0.15) is 13.2 Å². The molecule has 0 aliphatic heterocycles. The number of hydrogen-bond acceptors (Lipinski definition) is 1. The maximum absolute atomic E-state index is 12.2. The summed E-state index contributed by atoms with van der Waals surface area (Å²) in [5.74, 6) is 1.60. The Kier molecular flexibility index (Phi) is 3.17. The van der Waals surface area contributed by atoms with E-state index in [0.717, 1.165) is 6.92 Å². The van der Waals surface area contributed by atoms with Crippen LogP contribution in [0.15, 0.2) is 0 Å². The molecule has 0 saturated carbocycles. The third-order valence-electron chi connectivity index (χ3n) is 1.29. The second kappa shape index (κ2) is 3.36. The predicted molar refractivity (Wildman–Crippen MR) is 39.5 cm³/mol. The summed E-state index contributed by atoms with van der Waals surface area (Å²) in [7, 11) is 0. The maximum atomic E-state index is 12.2. The molecule has 0 saturated heterocycles. The van der Waals surface area contributed by atoms with Crippen molar-refractivity contribution in [1.29, 1.82) is 0 Å². The van der Waals surface area contributed by atoms with Crippen LogP contribution in [0.3, 0.4) is 0 Å². The molecule has 4 heteroatoms. The van der Waals surface area contributed by atoms with Gasteiger partial charge in [0.05, 0.1) is 6.10 Å². The summed E-state index contributed by atoms with van der Waals surface area (Å²) >= 11 is 0. The van der Waals surface area contributed by atoms with Crippen molar-refractivity contribution in [3.63, 3.8) is 0 Å². The van der Waals surface area contributed by atoms with Crippen LogP contribution in [0.5, 0.6) is 0 Å². The lowest BCUT2D eigenvalue weighted by Gasteiger charge is -2.28. The van der Waals surface area contributed by atoms with Crippen LogP contribution in [0.1, 0.15) is 20.8 Å². The van der Waals surface area contributed by atoms with Crippen molar-refractivity contribution in [2.45, 2.75) is 38.7 Å². The van der Waals surface area contributed by atoms with Crippen LogP contribution < -0.4 is 0 Å². The fourth-order valence-electron chi connectivity index (χ4n) is 0.654. The van der Waals surface area contributed by atoms with Crippen molar-refractivity contribution in [1.82, 2.24) is 0 Å². The number of alkyl halides is 3. The minimum atomic E-state index is -4.52. The van der Waals surface area contributed by atoms with Gasteiger partial charge in [0.15, 0.2) is 0 Å². The first-order valence-electron chi connectivity index (χ1n) is 3.45. The summed E-state index contributed by atoms with van der Waals surface area (Å²) in [5.41, 5.74) is -2.47. The Morgan fingerprint density at radius 2 is 1.75 bits per heavy atom. The maximum Gasteiger partial charge on any atom is 0.428 e. The van der Waals surface area contributed by atoms with E-state index in [2.05, 4.69) is 4.74 Å². The molecule has 1 nitrogen and oxygen atoms in total. The fourth-order valence-corrected chi connectivity index (χ4v) is 0.654. The van der Waals surface area contributed by atoms with Gasteiger partial charge >= 0.3 is 6.18 Å². The minimum Gasteiger partial charge on any atom is -0.351 e. The Bertz CT molecular complexity index is 189. The SMILES string of the molecule is C#CC(C)(OC(C)C)C(F)(F)F. The molecule has 0 amide bonds. The highest BCUT2D eigenvalue weighted by atomic mass is 19.4. The summed E-state index contributed by atoms with van der Waals surface area (Å²) in [6.45, 7) is 3.84. The molecule has 0 radical (unpaired) electrons. The van der Waals surface area contributed by atoms with Crippen LogP contribution in [0, 0.1) is 12.3 Å². The second-order valence-electron chi connectivity index (χ2n) is 2.84. The molecule has 0 aliphatic carbocycles. The molecule has 12 heavy (non-hydrogen) atoms. The van der Waals surface area contributed by atoms with E-state index in [4.69, 9.17) is 6.42 Å². The van der Waals surface area contributed by atoms with Crippen molar-refractivity contribution in [3.05, 3.63) is 0 Å². The highest BCUT2D eigenvalue weighted by Gasteiger charge is 2.51. The molecule has 0 aromatic carbocycles. The molecule has 70 valence electrons. The summed E-state index contributed by atoms with van der Waals surface area (Å²) in [6, 6.07) is 0. The van der Waals surface area contributed by atoms with E-state index in [1.54, 1.807) is 5.92 Å². The van der Waals surface area contributed by atoms with Gasteiger partial charge in [0, 0.05) is 0 Å². The summed E-state index contributed by atoms with van der Waals surface area (Å²) in [5, 5.41) is 0. The van der Waals surface area contributed by atoms with Crippen LogP contribution in [0.25, 0.3) is 0 Å². The van der Waals surface area contributed by atoms with Gasteiger partial charge in [-0.1, -0.05) is 5.92 Å². The van der Waals surface area contributed by atoms with E-state index < -0.39 is 17.9 Å². The molecular formula is C8H11F3O. The molecule has 0 rings (SSSR count). The zero-order chi connectivity index (χ0) is 9.99. The Morgan fingerprint density at radius 3 is 1.83 bits per heavy atom. The first-order valence-corrected chi connectivity index (χ1v) is 3.45. The quantitative estimate of drug-likeness (QED) is 0.593. The molecule has 0 aliphatic rings. The molecule has 0 N–H and O–H groups in total. The van der Waals surface area contributed by atoms with Crippen molar-refractivity contribution in [2.75, 3.05) is 0 Å². The topological polar surface area (TPSA) is 9.23 Å². The number of terminal acetylenes is 1. The second-order valence-corrected chi connectivity index (χ2v) is 2.84. The smallest absolute Gasteiger partial charge is 0.351 e. The molecule has 0 spiro atoms. The van der Waals surface area contributed by atoms with E-state index in [1.807, 2.05) is 0 Å². The molecule has 1 atom stereocenters. The molecule has 0 aromatic rings. The average Bonchev–Trinajstić information content (AvgIpc) is 1.83.